The van der Waals surface area contributed by atoms with E-state index >= 15 is 0 Å². The van der Waals surface area contributed by atoms with Crippen molar-refractivity contribution in [2.24, 2.45) is 29.1 Å². The minimum absolute atomic E-state index is 0.0819. The first-order valence-electron chi connectivity index (χ1n) is 13.7. The first-order valence-corrected chi connectivity index (χ1v) is 13.7. The van der Waals surface area contributed by atoms with Gasteiger partial charge in [0.05, 0.1) is 6.10 Å². The van der Waals surface area contributed by atoms with Crippen LogP contribution in [0.25, 0.3) is 0 Å². The minimum atomic E-state index is -1.21. The van der Waals surface area contributed by atoms with Gasteiger partial charge in [0.15, 0.2) is 0 Å². The highest BCUT2D eigenvalue weighted by Gasteiger charge is 2.44. The summed E-state index contributed by atoms with van der Waals surface area (Å²) < 4.78 is 16.7. The van der Waals surface area contributed by atoms with E-state index < -0.39 is 12.3 Å². The van der Waals surface area contributed by atoms with Gasteiger partial charge in [0.25, 0.3) is 0 Å². The number of carbonyl (C=O) groups is 2. The zero-order valence-electron chi connectivity index (χ0n) is 21.0. The van der Waals surface area contributed by atoms with Crippen molar-refractivity contribution in [2.75, 3.05) is 0 Å². The van der Waals surface area contributed by atoms with Gasteiger partial charge < -0.3 is 24.4 Å². The molecule has 2 N–H and O–H groups in total. The van der Waals surface area contributed by atoms with Crippen LogP contribution in [0.4, 0.5) is 9.59 Å². The summed E-state index contributed by atoms with van der Waals surface area (Å²) in [5.74, 6) is 1.57. The zero-order chi connectivity index (χ0) is 24.3. The molecule has 0 spiro atoms. The lowest BCUT2D eigenvalue weighted by Gasteiger charge is -2.46. The molecule has 7 heteroatoms. The molecule has 4 aliphatic carbocycles. The second-order valence-corrected chi connectivity index (χ2v) is 11.9. The molecule has 0 heterocycles. The van der Waals surface area contributed by atoms with Crippen LogP contribution in [0, 0.1) is 29.1 Å². The van der Waals surface area contributed by atoms with E-state index in [9.17, 15) is 14.7 Å². The SMILES string of the molecule is CC(C)(C1CCC(O)CC1)C1CCC(OC(=O)OC2CCCC3C(OC(=O)O)CCCC23)CC1. The topological polar surface area (TPSA) is 102 Å². The number of aliphatic hydroxyl groups excluding tert-OH is 1. The summed E-state index contributed by atoms with van der Waals surface area (Å²) in [4.78, 5) is 23.7. The number of ether oxygens (including phenoxy) is 3. The molecule has 7 nitrogen and oxygen atoms in total. The van der Waals surface area contributed by atoms with Crippen LogP contribution in [0.15, 0.2) is 0 Å². The van der Waals surface area contributed by atoms with E-state index in [0.29, 0.717) is 11.8 Å². The largest absolute Gasteiger partial charge is 0.508 e. The Morgan fingerprint density at radius 3 is 1.71 bits per heavy atom. The molecular formula is C27H44O7. The molecular weight excluding hydrogens is 436 g/mol. The number of carbonyl (C=O) groups excluding carboxylic acids is 1. The Labute approximate surface area is 203 Å². The summed E-state index contributed by atoms with van der Waals surface area (Å²) in [6.45, 7) is 4.78. The molecule has 194 valence electrons. The second kappa shape index (κ2) is 11.0. The molecule has 34 heavy (non-hydrogen) atoms. The smallest absolute Gasteiger partial charge is 0.450 e. The van der Waals surface area contributed by atoms with Gasteiger partial charge in [0.1, 0.15) is 18.3 Å². The maximum absolute atomic E-state index is 12.7. The first kappa shape index (κ1) is 25.6. The van der Waals surface area contributed by atoms with Gasteiger partial charge in [0.2, 0.25) is 0 Å². The molecule has 0 bridgehead atoms. The average Bonchev–Trinajstić information content (AvgIpc) is 2.80. The predicted molar refractivity (Wildman–Crippen MR) is 126 cm³/mol. The molecule has 4 atom stereocenters. The van der Waals surface area contributed by atoms with E-state index in [-0.39, 0.29) is 41.7 Å². The van der Waals surface area contributed by atoms with Crippen LogP contribution in [0.5, 0.6) is 0 Å². The third kappa shape index (κ3) is 6.00. The summed E-state index contributed by atoms with van der Waals surface area (Å²) in [5, 5.41) is 18.9. The molecule has 4 saturated carbocycles. The van der Waals surface area contributed by atoms with E-state index in [1.54, 1.807) is 0 Å². The Hall–Kier alpha value is -1.50. The van der Waals surface area contributed by atoms with Crippen molar-refractivity contribution in [3.8, 4) is 0 Å². The van der Waals surface area contributed by atoms with Gasteiger partial charge >= 0.3 is 12.3 Å². The molecule has 0 aromatic heterocycles. The van der Waals surface area contributed by atoms with Crippen molar-refractivity contribution in [1.29, 1.82) is 0 Å². The van der Waals surface area contributed by atoms with Crippen LogP contribution in [0.2, 0.25) is 0 Å². The Balaban J connectivity index is 1.24. The Bertz CT molecular complexity index is 691. The van der Waals surface area contributed by atoms with Gasteiger partial charge in [-0.3, -0.25) is 0 Å². The molecule has 4 rings (SSSR count). The lowest BCUT2D eigenvalue weighted by atomic mass is 9.60. The monoisotopic (exact) mass is 480 g/mol. The Morgan fingerprint density at radius 2 is 1.18 bits per heavy atom. The number of fused-ring (bicyclic) bond motifs is 1. The van der Waals surface area contributed by atoms with Crippen LogP contribution in [-0.2, 0) is 14.2 Å². The first-order chi connectivity index (χ1) is 16.2. The van der Waals surface area contributed by atoms with Gasteiger partial charge in [0, 0.05) is 11.8 Å². The fraction of sp³-hybridized carbons (Fsp3) is 0.926. The van der Waals surface area contributed by atoms with Crippen LogP contribution >= 0.6 is 0 Å². The average molecular weight is 481 g/mol. The van der Waals surface area contributed by atoms with Gasteiger partial charge in [-0.1, -0.05) is 13.8 Å². The third-order valence-electron chi connectivity index (χ3n) is 9.80. The van der Waals surface area contributed by atoms with Crippen molar-refractivity contribution in [1.82, 2.24) is 0 Å². The van der Waals surface area contributed by atoms with Gasteiger partial charge in [-0.15, -0.1) is 0 Å². The molecule has 0 aromatic rings. The van der Waals surface area contributed by atoms with Crippen molar-refractivity contribution in [3.05, 3.63) is 0 Å². The normalized spacial score (nSPS) is 38.9. The predicted octanol–water partition coefficient (Wildman–Crippen LogP) is 6.31. The molecule has 0 radical (unpaired) electrons. The number of aliphatic hydroxyl groups is 1. The fourth-order valence-corrected chi connectivity index (χ4v) is 7.68. The summed E-state index contributed by atoms with van der Waals surface area (Å²) >= 11 is 0. The van der Waals surface area contributed by atoms with Crippen LogP contribution in [0.3, 0.4) is 0 Å². The van der Waals surface area contributed by atoms with E-state index in [1.165, 1.54) is 0 Å². The summed E-state index contributed by atoms with van der Waals surface area (Å²) in [7, 11) is 0. The Morgan fingerprint density at radius 1 is 0.676 bits per heavy atom. The van der Waals surface area contributed by atoms with Crippen molar-refractivity contribution in [3.63, 3.8) is 0 Å². The standard InChI is InChI=1S/C27H44O7/c1-27(2,17-9-13-19(28)14-10-17)18-11-15-20(16-12-18)32-26(31)34-24-8-4-5-21-22(24)6-3-7-23(21)33-25(29)30/h17-24,28H,3-16H2,1-2H3,(H,29,30). The number of hydrogen-bond acceptors (Lipinski definition) is 6. The Kier molecular flexibility index (Phi) is 8.32. The maximum Gasteiger partial charge on any atom is 0.508 e. The lowest BCUT2D eigenvalue weighted by molar-refractivity contribution is -0.0919. The minimum Gasteiger partial charge on any atom is -0.450 e. The van der Waals surface area contributed by atoms with E-state index in [4.69, 9.17) is 19.3 Å². The van der Waals surface area contributed by atoms with Crippen molar-refractivity contribution < 1.29 is 34.0 Å². The third-order valence-corrected chi connectivity index (χ3v) is 9.80. The van der Waals surface area contributed by atoms with Crippen molar-refractivity contribution >= 4 is 12.3 Å². The molecule has 0 saturated heterocycles. The molecule has 4 aliphatic rings. The molecule has 4 fully saturated rings. The number of rotatable bonds is 5. The van der Waals surface area contributed by atoms with Crippen LogP contribution < -0.4 is 0 Å². The summed E-state index contributed by atoms with van der Waals surface area (Å²) in [5.41, 5.74) is 0.248. The van der Waals surface area contributed by atoms with Crippen LogP contribution in [0.1, 0.15) is 104 Å². The van der Waals surface area contributed by atoms with Gasteiger partial charge in [-0.05, 0) is 107 Å². The number of carboxylic acid groups (broad SMARTS) is 1. The lowest BCUT2D eigenvalue weighted by Crippen LogP contribution is -2.45. The highest BCUT2D eigenvalue weighted by molar-refractivity contribution is 5.60. The molecule has 0 aliphatic heterocycles. The van der Waals surface area contributed by atoms with Gasteiger partial charge in [-0.25, -0.2) is 9.59 Å². The second-order valence-electron chi connectivity index (χ2n) is 11.9. The maximum atomic E-state index is 12.7. The van der Waals surface area contributed by atoms with Gasteiger partial charge in [-0.2, -0.15) is 0 Å². The molecule has 0 amide bonds. The van der Waals surface area contributed by atoms with E-state index in [0.717, 1.165) is 89.9 Å². The van der Waals surface area contributed by atoms with Crippen LogP contribution in [-0.4, -0.2) is 46.9 Å². The quantitative estimate of drug-likeness (QED) is 0.445. The molecule has 4 unspecified atom stereocenters. The van der Waals surface area contributed by atoms with Crippen molar-refractivity contribution in [2.45, 2.75) is 128 Å². The zero-order valence-corrected chi connectivity index (χ0v) is 21.0. The van der Waals surface area contributed by atoms with E-state index in [2.05, 4.69) is 13.8 Å². The summed E-state index contributed by atoms with van der Waals surface area (Å²) in [6, 6.07) is 0. The number of hydrogen-bond donors (Lipinski definition) is 2. The van der Waals surface area contributed by atoms with E-state index in [1.807, 2.05) is 0 Å². The summed E-state index contributed by atoms with van der Waals surface area (Å²) in [6.07, 6.45) is 10.7. The highest BCUT2D eigenvalue weighted by atomic mass is 16.7. The fourth-order valence-electron chi connectivity index (χ4n) is 7.68. The highest BCUT2D eigenvalue weighted by Crippen LogP contribution is 2.49. The molecule has 0 aromatic carbocycles.